The predicted octanol–water partition coefficient (Wildman–Crippen LogP) is 2.17. The molecule has 1 N–H and O–H groups in total. The lowest BCUT2D eigenvalue weighted by Crippen LogP contribution is -2.45. The SMILES string of the molecule is CN(C)S(=O)(=O)c1ccc2c(c1)N(C(=O)C1CC3CCCCC3N1)CC2.Cl. The quantitative estimate of drug-likeness (QED) is 0.824. The first-order valence-electron chi connectivity index (χ1n) is 9.51. The average molecular weight is 414 g/mol. The molecule has 0 aromatic heterocycles. The first kappa shape index (κ1) is 20.6. The molecule has 1 aromatic carbocycles. The van der Waals surface area contributed by atoms with Gasteiger partial charge in [0.05, 0.1) is 10.9 Å². The monoisotopic (exact) mass is 413 g/mol. The summed E-state index contributed by atoms with van der Waals surface area (Å²) in [4.78, 5) is 15.2. The molecule has 8 heteroatoms. The molecule has 150 valence electrons. The third kappa shape index (κ3) is 3.62. The molecule has 1 amide bonds. The number of carbonyl (C=O) groups excluding carboxylic acids is 1. The minimum Gasteiger partial charge on any atom is -0.310 e. The fourth-order valence-corrected chi connectivity index (χ4v) is 5.58. The molecule has 6 nitrogen and oxygen atoms in total. The number of halogens is 1. The van der Waals surface area contributed by atoms with Gasteiger partial charge in [-0.25, -0.2) is 12.7 Å². The zero-order chi connectivity index (χ0) is 18.5. The van der Waals surface area contributed by atoms with E-state index in [9.17, 15) is 13.2 Å². The van der Waals surface area contributed by atoms with E-state index >= 15 is 0 Å². The van der Waals surface area contributed by atoms with Crippen LogP contribution in [-0.4, -0.2) is 51.4 Å². The van der Waals surface area contributed by atoms with Crippen molar-refractivity contribution in [3.8, 4) is 0 Å². The smallest absolute Gasteiger partial charge is 0.244 e. The van der Waals surface area contributed by atoms with Crippen LogP contribution in [0.15, 0.2) is 23.1 Å². The van der Waals surface area contributed by atoms with Crippen LogP contribution in [0.4, 0.5) is 5.69 Å². The van der Waals surface area contributed by atoms with E-state index in [4.69, 9.17) is 0 Å². The van der Waals surface area contributed by atoms with Crippen molar-refractivity contribution >= 4 is 34.0 Å². The van der Waals surface area contributed by atoms with Gasteiger partial charge in [0.2, 0.25) is 15.9 Å². The molecule has 0 bridgehead atoms. The van der Waals surface area contributed by atoms with Crippen LogP contribution in [0.3, 0.4) is 0 Å². The summed E-state index contributed by atoms with van der Waals surface area (Å²) in [5.74, 6) is 0.706. The van der Waals surface area contributed by atoms with Crippen molar-refractivity contribution in [2.45, 2.75) is 55.5 Å². The Labute approximate surface area is 167 Å². The van der Waals surface area contributed by atoms with E-state index in [0.29, 0.717) is 18.5 Å². The summed E-state index contributed by atoms with van der Waals surface area (Å²) in [7, 11) is -0.457. The van der Waals surface area contributed by atoms with Gasteiger partial charge in [-0.15, -0.1) is 12.4 Å². The molecule has 1 aromatic rings. The maximum Gasteiger partial charge on any atom is 0.244 e. The van der Waals surface area contributed by atoms with E-state index in [1.807, 2.05) is 6.07 Å². The van der Waals surface area contributed by atoms with Gasteiger partial charge in [0.15, 0.2) is 0 Å². The summed E-state index contributed by atoms with van der Waals surface area (Å²) < 4.78 is 26.1. The molecule has 2 aliphatic heterocycles. The second kappa shape index (κ2) is 7.70. The van der Waals surface area contributed by atoms with Crippen LogP contribution in [0.1, 0.15) is 37.7 Å². The minimum absolute atomic E-state index is 0. The molecule has 27 heavy (non-hydrogen) atoms. The summed E-state index contributed by atoms with van der Waals surface area (Å²) in [5.41, 5.74) is 1.81. The summed E-state index contributed by atoms with van der Waals surface area (Å²) in [6.45, 7) is 0.632. The van der Waals surface area contributed by atoms with Gasteiger partial charge >= 0.3 is 0 Å². The number of amides is 1. The van der Waals surface area contributed by atoms with Crippen LogP contribution >= 0.6 is 12.4 Å². The number of carbonyl (C=O) groups is 1. The molecule has 0 spiro atoms. The Morgan fingerprint density at radius 2 is 1.96 bits per heavy atom. The predicted molar refractivity (Wildman–Crippen MR) is 108 cm³/mol. The van der Waals surface area contributed by atoms with Gasteiger partial charge in [-0.2, -0.15) is 0 Å². The second-order valence-corrected chi connectivity index (χ2v) is 10.1. The molecule has 3 unspecified atom stereocenters. The first-order chi connectivity index (χ1) is 12.4. The maximum absolute atomic E-state index is 13.2. The van der Waals surface area contributed by atoms with Crippen molar-refractivity contribution in [3.63, 3.8) is 0 Å². The molecule has 1 saturated carbocycles. The number of fused-ring (bicyclic) bond motifs is 2. The maximum atomic E-state index is 13.2. The molecular formula is C19H28ClN3O3S. The van der Waals surface area contributed by atoms with Crippen LogP contribution in [0.2, 0.25) is 0 Å². The fraction of sp³-hybridized carbons (Fsp3) is 0.632. The van der Waals surface area contributed by atoms with Crippen LogP contribution in [-0.2, 0) is 21.2 Å². The molecule has 1 aliphatic carbocycles. The Morgan fingerprint density at radius 3 is 2.67 bits per heavy atom. The highest BCUT2D eigenvalue weighted by atomic mass is 35.5. The summed E-state index contributed by atoms with van der Waals surface area (Å²) in [6, 6.07) is 5.49. The third-order valence-corrected chi connectivity index (χ3v) is 7.97. The number of hydrogen-bond donors (Lipinski definition) is 1. The lowest BCUT2D eigenvalue weighted by molar-refractivity contribution is -0.120. The number of nitrogens with one attached hydrogen (secondary N) is 1. The number of nitrogens with zero attached hydrogens (tertiary/aromatic N) is 2. The van der Waals surface area contributed by atoms with E-state index in [0.717, 1.165) is 30.5 Å². The van der Waals surface area contributed by atoms with Crippen LogP contribution in [0.5, 0.6) is 0 Å². The normalized spacial score (nSPS) is 27.2. The van der Waals surface area contributed by atoms with E-state index in [1.165, 1.54) is 37.7 Å². The minimum atomic E-state index is -3.50. The zero-order valence-electron chi connectivity index (χ0n) is 15.8. The second-order valence-electron chi connectivity index (χ2n) is 7.92. The van der Waals surface area contributed by atoms with Crippen LogP contribution < -0.4 is 10.2 Å². The molecule has 2 fully saturated rings. The molecule has 2 heterocycles. The van der Waals surface area contributed by atoms with Crippen LogP contribution in [0, 0.1) is 5.92 Å². The van der Waals surface area contributed by atoms with Gasteiger partial charge in [-0.3, -0.25) is 4.79 Å². The van der Waals surface area contributed by atoms with E-state index in [2.05, 4.69) is 5.32 Å². The number of sulfonamides is 1. The zero-order valence-corrected chi connectivity index (χ0v) is 17.5. The lowest BCUT2D eigenvalue weighted by atomic mass is 9.85. The van der Waals surface area contributed by atoms with Gasteiger partial charge in [0, 0.05) is 32.4 Å². The van der Waals surface area contributed by atoms with Gasteiger partial charge < -0.3 is 10.2 Å². The molecule has 3 atom stereocenters. The topological polar surface area (TPSA) is 69.7 Å². The number of hydrogen-bond acceptors (Lipinski definition) is 4. The molecule has 3 aliphatic rings. The largest absolute Gasteiger partial charge is 0.310 e. The van der Waals surface area contributed by atoms with E-state index < -0.39 is 10.0 Å². The molecular weight excluding hydrogens is 386 g/mol. The van der Waals surface area contributed by atoms with Crippen molar-refractivity contribution in [2.24, 2.45) is 5.92 Å². The van der Waals surface area contributed by atoms with Crippen molar-refractivity contribution in [1.82, 2.24) is 9.62 Å². The van der Waals surface area contributed by atoms with E-state index in [-0.39, 0.29) is 29.3 Å². The van der Waals surface area contributed by atoms with Gasteiger partial charge in [-0.1, -0.05) is 18.9 Å². The Morgan fingerprint density at radius 1 is 1.22 bits per heavy atom. The first-order valence-corrected chi connectivity index (χ1v) is 10.9. The summed E-state index contributed by atoms with van der Waals surface area (Å²) >= 11 is 0. The lowest BCUT2D eigenvalue weighted by Gasteiger charge is -2.24. The number of anilines is 1. The van der Waals surface area contributed by atoms with E-state index in [1.54, 1.807) is 17.0 Å². The van der Waals surface area contributed by atoms with Gasteiger partial charge in [0.25, 0.3) is 0 Å². The van der Waals surface area contributed by atoms with Crippen molar-refractivity contribution < 1.29 is 13.2 Å². The number of benzene rings is 1. The Bertz CT molecular complexity index is 813. The Kier molecular flexibility index (Phi) is 5.87. The highest BCUT2D eigenvalue weighted by Gasteiger charge is 2.41. The Hall–Kier alpha value is -1.15. The van der Waals surface area contributed by atoms with Crippen molar-refractivity contribution in [2.75, 3.05) is 25.5 Å². The molecule has 4 rings (SSSR count). The highest BCUT2D eigenvalue weighted by Crippen LogP contribution is 2.36. The van der Waals surface area contributed by atoms with Crippen molar-refractivity contribution in [1.29, 1.82) is 0 Å². The fourth-order valence-electron chi connectivity index (χ4n) is 4.66. The molecule has 1 saturated heterocycles. The highest BCUT2D eigenvalue weighted by molar-refractivity contribution is 7.89. The average Bonchev–Trinajstić information content (AvgIpc) is 3.24. The van der Waals surface area contributed by atoms with Crippen molar-refractivity contribution in [3.05, 3.63) is 23.8 Å². The summed E-state index contributed by atoms with van der Waals surface area (Å²) in [6.07, 6.45) is 6.57. The standard InChI is InChI=1S/C19H27N3O3S.ClH/c1-21(2)26(24,25)15-8-7-13-9-10-22(18(13)12-15)19(23)17-11-14-5-3-4-6-16(14)20-17;/h7-8,12,14,16-17,20H,3-6,9-11H2,1-2H3;1H. The van der Waals surface area contributed by atoms with Gasteiger partial charge in [0.1, 0.15) is 0 Å². The van der Waals surface area contributed by atoms with Gasteiger partial charge in [-0.05, 0) is 49.3 Å². The Balaban J connectivity index is 0.00000210. The third-order valence-electron chi connectivity index (χ3n) is 6.16. The van der Waals surface area contributed by atoms with Crippen LogP contribution in [0.25, 0.3) is 0 Å². The molecule has 0 radical (unpaired) electrons. The summed E-state index contributed by atoms with van der Waals surface area (Å²) in [5, 5.41) is 3.55. The number of rotatable bonds is 3.